The van der Waals surface area contributed by atoms with E-state index in [4.69, 9.17) is 4.84 Å². The Hall–Kier alpha value is -0.570. The number of hydroxylamine groups is 2. The lowest BCUT2D eigenvalue weighted by Gasteiger charge is -2.12. The molecule has 0 aromatic rings. The van der Waals surface area contributed by atoms with Crippen molar-refractivity contribution in [3.8, 4) is 0 Å². The molecule has 0 spiro atoms. The normalized spacial score (nSPS) is 35.9. The van der Waals surface area contributed by atoms with E-state index in [0.717, 1.165) is 19.4 Å². The summed E-state index contributed by atoms with van der Waals surface area (Å²) >= 11 is 0. The van der Waals surface area contributed by atoms with E-state index >= 15 is 0 Å². The molecule has 0 aromatic carbocycles. The van der Waals surface area contributed by atoms with Gasteiger partial charge in [-0.3, -0.25) is 9.63 Å². The van der Waals surface area contributed by atoms with Gasteiger partial charge in [-0.1, -0.05) is 6.92 Å². The van der Waals surface area contributed by atoms with Gasteiger partial charge >= 0.3 is 0 Å². The number of hydrogen-bond donors (Lipinski definition) is 0. The third-order valence-electron chi connectivity index (χ3n) is 2.43. The molecule has 0 aromatic heterocycles. The Morgan fingerprint density at radius 2 is 2.36 bits per heavy atom. The molecule has 2 atom stereocenters. The summed E-state index contributed by atoms with van der Waals surface area (Å²) in [7, 11) is 0. The van der Waals surface area contributed by atoms with Gasteiger partial charge in [0.05, 0.1) is 13.2 Å². The Morgan fingerprint density at radius 3 is 2.82 bits per heavy atom. The predicted octanol–water partition coefficient (Wildman–Crippen LogP) is 0.806. The lowest BCUT2D eigenvalue weighted by molar-refractivity contribution is -0.170. The Bertz CT molecular complexity index is 175. The monoisotopic (exact) mass is 155 g/mol. The smallest absolute Gasteiger partial charge is 0.249 e. The van der Waals surface area contributed by atoms with Crippen molar-refractivity contribution in [2.75, 3.05) is 13.2 Å². The molecule has 3 heteroatoms. The third kappa shape index (κ3) is 1.25. The summed E-state index contributed by atoms with van der Waals surface area (Å²) in [6.07, 6.45) is 2.05. The lowest BCUT2D eigenvalue weighted by atomic mass is 10.3. The van der Waals surface area contributed by atoms with Crippen LogP contribution in [0.15, 0.2) is 0 Å². The predicted molar refractivity (Wildman–Crippen MR) is 39.6 cm³/mol. The molecule has 11 heavy (non-hydrogen) atoms. The second-order valence-corrected chi connectivity index (χ2v) is 3.45. The van der Waals surface area contributed by atoms with Gasteiger partial charge in [0.25, 0.3) is 0 Å². The number of carbonyl (C=O) groups is 1. The Morgan fingerprint density at radius 1 is 1.64 bits per heavy atom. The number of carbonyl (C=O) groups excluding carboxylic acids is 1. The van der Waals surface area contributed by atoms with Crippen LogP contribution in [0.5, 0.6) is 0 Å². The zero-order chi connectivity index (χ0) is 7.84. The highest BCUT2D eigenvalue weighted by Crippen LogP contribution is 2.39. The first-order chi connectivity index (χ1) is 5.29. The van der Waals surface area contributed by atoms with Gasteiger partial charge < -0.3 is 0 Å². The average molecular weight is 155 g/mol. The summed E-state index contributed by atoms with van der Waals surface area (Å²) in [5.41, 5.74) is 0. The highest BCUT2D eigenvalue weighted by Gasteiger charge is 2.42. The van der Waals surface area contributed by atoms with Gasteiger partial charge in [-0.05, 0) is 18.8 Å². The van der Waals surface area contributed by atoms with Crippen LogP contribution >= 0.6 is 0 Å². The van der Waals surface area contributed by atoms with Crippen molar-refractivity contribution in [3.05, 3.63) is 0 Å². The molecule has 0 radical (unpaired) electrons. The van der Waals surface area contributed by atoms with E-state index in [1.165, 1.54) is 5.06 Å². The SMILES string of the molecule is C[C@H]1C[C@@H]1C(=O)N1CCCO1. The van der Waals surface area contributed by atoms with Gasteiger partial charge in [0, 0.05) is 5.92 Å². The van der Waals surface area contributed by atoms with E-state index in [-0.39, 0.29) is 11.8 Å². The zero-order valence-corrected chi connectivity index (χ0v) is 6.75. The number of nitrogens with zero attached hydrogens (tertiary/aromatic N) is 1. The fourth-order valence-corrected chi connectivity index (χ4v) is 1.47. The molecule has 3 nitrogen and oxygen atoms in total. The molecule has 2 rings (SSSR count). The van der Waals surface area contributed by atoms with E-state index in [9.17, 15) is 4.79 Å². The van der Waals surface area contributed by atoms with Crippen LogP contribution < -0.4 is 0 Å². The maximum absolute atomic E-state index is 11.4. The minimum absolute atomic E-state index is 0.204. The van der Waals surface area contributed by atoms with Crippen molar-refractivity contribution >= 4 is 5.91 Å². The first-order valence-corrected chi connectivity index (χ1v) is 4.23. The molecule has 1 amide bonds. The van der Waals surface area contributed by atoms with Crippen LogP contribution in [0, 0.1) is 11.8 Å². The van der Waals surface area contributed by atoms with Gasteiger partial charge in [-0.2, -0.15) is 0 Å². The maximum atomic E-state index is 11.4. The molecule has 1 aliphatic carbocycles. The van der Waals surface area contributed by atoms with Crippen molar-refractivity contribution in [1.29, 1.82) is 0 Å². The molecule has 0 bridgehead atoms. The van der Waals surface area contributed by atoms with Crippen LogP contribution in [0.2, 0.25) is 0 Å². The Balaban J connectivity index is 1.89. The van der Waals surface area contributed by atoms with Crippen molar-refractivity contribution in [1.82, 2.24) is 5.06 Å². The molecule has 1 saturated heterocycles. The topological polar surface area (TPSA) is 29.5 Å². The lowest BCUT2D eigenvalue weighted by Crippen LogP contribution is -2.28. The minimum atomic E-state index is 0.204. The fraction of sp³-hybridized carbons (Fsp3) is 0.875. The first-order valence-electron chi connectivity index (χ1n) is 4.23. The van der Waals surface area contributed by atoms with E-state index in [1.54, 1.807) is 0 Å². The molecule has 1 saturated carbocycles. The Labute approximate surface area is 66.3 Å². The van der Waals surface area contributed by atoms with Crippen LogP contribution in [0.4, 0.5) is 0 Å². The number of rotatable bonds is 1. The summed E-state index contributed by atoms with van der Waals surface area (Å²) in [5.74, 6) is 1.06. The molecule has 2 fully saturated rings. The summed E-state index contributed by atoms with van der Waals surface area (Å²) in [5, 5.41) is 1.54. The van der Waals surface area contributed by atoms with Gasteiger partial charge in [-0.25, -0.2) is 5.06 Å². The van der Waals surface area contributed by atoms with Gasteiger partial charge in [-0.15, -0.1) is 0 Å². The van der Waals surface area contributed by atoms with Crippen LogP contribution in [0.3, 0.4) is 0 Å². The number of hydrogen-bond acceptors (Lipinski definition) is 2. The van der Waals surface area contributed by atoms with Crippen molar-refractivity contribution in [2.24, 2.45) is 11.8 Å². The summed E-state index contributed by atoms with van der Waals surface area (Å²) in [4.78, 5) is 16.6. The third-order valence-corrected chi connectivity index (χ3v) is 2.43. The molecular weight excluding hydrogens is 142 g/mol. The van der Waals surface area contributed by atoms with Crippen LogP contribution in [0.25, 0.3) is 0 Å². The zero-order valence-electron chi connectivity index (χ0n) is 6.75. The quantitative estimate of drug-likeness (QED) is 0.560. The molecule has 62 valence electrons. The van der Waals surface area contributed by atoms with Gasteiger partial charge in [0.2, 0.25) is 5.91 Å². The number of amides is 1. The molecule has 1 heterocycles. The van der Waals surface area contributed by atoms with Crippen LogP contribution in [0.1, 0.15) is 19.8 Å². The van der Waals surface area contributed by atoms with Crippen LogP contribution in [-0.2, 0) is 9.63 Å². The fourth-order valence-electron chi connectivity index (χ4n) is 1.47. The highest BCUT2D eigenvalue weighted by atomic mass is 16.7. The van der Waals surface area contributed by atoms with E-state index in [2.05, 4.69) is 6.92 Å². The van der Waals surface area contributed by atoms with Crippen molar-refractivity contribution in [3.63, 3.8) is 0 Å². The molecular formula is C8H13NO2. The molecule has 1 aliphatic heterocycles. The molecule has 0 N–H and O–H groups in total. The summed E-state index contributed by atoms with van der Waals surface area (Å²) in [6.45, 7) is 3.62. The summed E-state index contributed by atoms with van der Waals surface area (Å²) < 4.78 is 0. The van der Waals surface area contributed by atoms with Gasteiger partial charge in [0.15, 0.2) is 0 Å². The highest BCUT2D eigenvalue weighted by molar-refractivity contribution is 5.80. The van der Waals surface area contributed by atoms with Crippen molar-refractivity contribution < 1.29 is 9.63 Å². The van der Waals surface area contributed by atoms with E-state index in [0.29, 0.717) is 12.5 Å². The van der Waals surface area contributed by atoms with Crippen molar-refractivity contribution in [2.45, 2.75) is 19.8 Å². The minimum Gasteiger partial charge on any atom is -0.272 e. The van der Waals surface area contributed by atoms with Gasteiger partial charge in [0.1, 0.15) is 0 Å². The standard InChI is InChI=1S/C8H13NO2/c1-6-5-7(6)8(10)9-3-2-4-11-9/h6-7H,2-5H2,1H3/t6-,7-/m0/s1. The van der Waals surface area contributed by atoms with Crippen LogP contribution in [-0.4, -0.2) is 24.1 Å². The molecule has 0 unspecified atom stereocenters. The second kappa shape index (κ2) is 2.48. The average Bonchev–Trinajstić information content (AvgIpc) is 2.56. The second-order valence-electron chi connectivity index (χ2n) is 3.45. The van der Waals surface area contributed by atoms with E-state index in [1.807, 2.05) is 0 Å². The molecule has 2 aliphatic rings. The summed E-state index contributed by atoms with van der Waals surface area (Å²) in [6, 6.07) is 0. The first kappa shape index (κ1) is 7.10. The van der Waals surface area contributed by atoms with E-state index < -0.39 is 0 Å². The maximum Gasteiger partial charge on any atom is 0.249 e. The Kier molecular flexibility index (Phi) is 1.60. The largest absolute Gasteiger partial charge is 0.272 e.